The molecule has 0 N–H and O–H groups in total. The van der Waals surface area contributed by atoms with Gasteiger partial charge in [-0.2, -0.15) is 0 Å². The number of rotatable bonds is 20. The number of benzene rings is 20. The summed E-state index contributed by atoms with van der Waals surface area (Å²) in [5.41, 5.74) is 30.8. The number of hydrogen-bond acceptors (Lipinski definition) is 8. The molecule has 0 spiro atoms. The van der Waals surface area contributed by atoms with E-state index in [0.717, 1.165) is 133 Å². The topological polar surface area (TPSA) is 65.5 Å². The van der Waals surface area contributed by atoms with Crippen LogP contribution in [0.5, 0.6) is 0 Å². The van der Waals surface area contributed by atoms with Crippen LogP contribution in [0.1, 0.15) is 124 Å². The van der Waals surface area contributed by atoms with Crippen molar-refractivity contribution >= 4 is 274 Å². The highest BCUT2D eigenvalue weighted by Gasteiger charge is 2.36. The molecule has 0 unspecified atom stereocenters. The molecule has 24 rings (SSSR count). The quantitative estimate of drug-likeness (QED) is 0.0552. The van der Waals surface area contributed by atoms with E-state index in [-0.39, 0.29) is 23.7 Å². The molecule has 0 amide bonds. The van der Waals surface area contributed by atoms with Crippen LogP contribution in [0.4, 0.5) is 68.2 Å². The number of nitrogens with zero attached hydrogens (tertiary/aromatic N) is 4. The minimum absolute atomic E-state index is 0.235. The van der Waals surface area contributed by atoms with Crippen LogP contribution in [0.15, 0.2) is 333 Å². The van der Waals surface area contributed by atoms with Crippen LogP contribution in [-0.4, -0.2) is 32.3 Å². The van der Waals surface area contributed by atoms with Crippen molar-refractivity contribution in [3.05, 3.63) is 360 Å². The van der Waals surface area contributed by atoms with Crippen LogP contribution in [0, 0.1) is 27.7 Å². The molecule has 4 heterocycles. The summed E-state index contributed by atoms with van der Waals surface area (Å²) in [7, 11) is -7.28. The SMILES string of the molecule is CC(C)c1cc(N(c2cc([Si](C)(C)C)cc([Si](C)(C)C)c2)c2cccc3c2oc2ccccc23)c2ccc3c(C(C)C)cc(N(c4cc([Si](C)(C)C)cc([Si](C)(C)C)c4)c4cccc5c4oc4ccccc45)c4ccc1c2c34.Cc1ccc(N(c2cc(C(C)C)c3ccc4c(N(c5ccc(C)c(C)c5)c5cccc6c5oc5ccccc56)cc(C(C)C)c5ccc2c3c54)c2cccc3c2oc2ccccc23)cc1C. The molecule has 4 aromatic heterocycles. The van der Waals surface area contributed by atoms with Gasteiger partial charge < -0.3 is 37.3 Å². The minimum Gasteiger partial charge on any atom is -0.454 e. The summed E-state index contributed by atoms with van der Waals surface area (Å²) in [6.45, 7) is 57.5. The molecule has 0 saturated carbocycles. The van der Waals surface area contributed by atoms with Crippen molar-refractivity contribution in [3.8, 4) is 0 Å². The Labute approximate surface area is 849 Å². The molecule has 0 saturated heterocycles. The van der Waals surface area contributed by atoms with Crippen molar-refractivity contribution in [2.75, 3.05) is 19.6 Å². The lowest BCUT2D eigenvalue weighted by atomic mass is 9.84. The maximum atomic E-state index is 7.05. The van der Waals surface area contributed by atoms with E-state index in [1.54, 1.807) is 0 Å². The monoisotopic (exact) mass is 1940 g/mol. The van der Waals surface area contributed by atoms with Gasteiger partial charge in [-0.3, -0.25) is 0 Å². The zero-order chi connectivity index (χ0) is 100. The zero-order valence-corrected chi connectivity index (χ0v) is 91.8. The Bertz CT molecular complexity index is 8720. The van der Waals surface area contributed by atoms with E-state index in [4.69, 9.17) is 17.7 Å². The normalized spacial score (nSPS) is 12.7. The number of furan rings is 4. The summed E-state index contributed by atoms with van der Waals surface area (Å²) in [6, 6.07) is 119. The van der Waals surface area contributed by atoms with Gasteiger partial charge in [-0.15, -0.1) is 0 Å². The molecule has 716 valence electrons. The molecular weight excluding hydrogens is 1820 g/mol. The molecule has 0 atom stereocenters. The van der Waals surface area contributed by atoms with Gasteiger partial charge in [0, 0.05) is 87.4 Å². The van der Waals surface area contributed by atoms with Crippen LogP contribution < -0.4 is 40.3 Å². The highest BCUT2D eigenvalue weighted by molar-refractivity contribution is 6.92. The molecule has 20 aromatic carbocycles. The number of anilines is 12. The Morgan fingerprint density at radius 2 is 0.396 bits per heavy atom. The first-order valence-corrected chi connectivity index (χ1v) is 65.8. The molecule has 144 heavy (non-hydrogen) atoms. The van der Waals surface area contributed by atoms with Gasteiger partial charge in [-0.05, 0) is 260 Å². The fraction of sp³-hybridized carbons (Fsp3) is 0.212. The highest BCUT2D eigenvalue weighted by atomic mass is 28.3. The molecule has 8 nitrogen and oxygen atoms in total. The predicted molar refractivity (Wildman–Crippen MR) is 635 cm³/mol. The number of hydrogen-bond donors (Lipinski definition) is 0. The van der Waals surface area contributed by atoms with Crippen molar-refractivity contribution in [3.63, 3.8) is 0 Å². The van der Waals surface area contributed by atoms with Gasteiger partial charge in [0.15, 0.2) is 22.3 Å². The summed E-state index contributed by atoms with van der Waals surface area (Å²) in [6.07, 6.45) is 0. The van der Waals surface area contributed by atoms with Crippen molar-refractivity contribution in [1.82, 2.24) is 0 Å². The van der Waals surface area contributed by atoms with Crippen molar-refractivity contribution in [2.24, 2.45) is 0 Å². The van der Waals surface area contributed by atoms with Gasteiger partial charge in [0.05, 0.1) is 77.8 Å². The summed E-state index contributed by atoms with van der Waals surface area (Å²) < 4.78 is 27.8. The van der Waals surface area contributed by atoms with Crippen LogP contribution in [-0.2, 0) is 0 Å². The maximum Gasteiger partial charge on any atom is 0.159 e. The second kappa shape index (κ2) is 34.8. The van der Waals surface area contributed by atoms with Crippen LogP contribution in [0.2, 0.25) is 78.6 Å². The van der Waals surface area contributed by atoms with E-state index in [1.165, 1.54) is 153 Å². The largest absolute Gasteiger partial charge is 0.454 e. The van der Waals surface area contributed by atoms with Gasteiger partial charge in [-0.25, -0.2) is 0 Å². The van der Waals surface area contributed by atoms with Gasteiger partial charge >= 0.3 is 0 Å². The van der Waals surface area contributed by atoms with Crippen LogP contribution in [0.3, 0.4) is 0 Å². The van der Waals surface area contributed by atoms with E-state index >= 15 is 0 Å². The Kier molecular flexibility index (Phi) is 22.6. The van der Waals surface area contributed by atoms with E-state index in [2.05, 4.69) is 497 Å². The van der Waals surface area contributed by atoms with Gasteiger partial charge in [0.1, 0.15) is 22.3 Å². The van der Waals surface area contributed by atoms with Gasteiger partial charge in [0.25, 0.3) is 0 Å². The Morgan fingerprint density at radius 3 is 0.618 bits per heavy atom. The fourth-order valence-electron chi connectivity index (χ4n) is 22.9. The Morgan fingerprint density at radius 1 is 0.181 bits per heavy atom. The molecule has 0 aliphatic carbocycles. The zero-order valence-electron chi connectivity index (χ0n) is 87.8. The molecule has 0 aliphatic rings. The molecule has 0 radical (unpaired) electrons. The predicted octanol–water partition coefficient (Wildman–Crippen LogP) is 38.6. The molecule has 24 aromatic rings. The molecule has 12 heteroatoms. The van der Waals surface area contributed by atoms with E-state index in [9.17, 15) is 0 Å². The molecular formula is C132H128N4O4Si4. The lowest BCUT2D eigenvalue weighted by molar-refractivity contribution is 0.668. The van der Waals surface area contributed by atoms with E-state index < -0.39 is 32.3 Å². The molecule has 0 bridgehead atoms. The van der Waals surface area contributed by atoms with Crippen molar-refractivity contribution in [1.29, 1.82) is 0 Å². The summed E-state index contributed by atoms with van der Waals surface area (Å²) in [5.74, 6) is 0.967. The fourth-order valence-corrected chi connectivity index (χ4v) is 27.8. The highest BCUT2D eigenvalue weighted by Crippen LogP contribution is 2.58. The standard InChI is InChI=1S/C70H76N2O2Si4.C62H52N2O2/c1-43(2)59-41-63(71(45-35-47(75(5,6)7)39-48(36-45)76(8,9)10)61-27-21-25-55-51-23-17-19-29-65(51)73-69(55)61)57-34-32-54-60(44(3)4)42-64(58-33-31-53(59)67(57)68(54)58)72(46-37-49(77(11,12)13)40-50(38-46)78(14,15)16)62-28-22-26-56-52-24-18-20-30-66(52)74-70(56)62;1-35(2)51-33-55(63(41-25-23-37(5)39(7)31-41)53-19-13-17-47-43-15-9-11-21-57(43)65-61(47)53)49-30-28-46-52(36(3)4)34-56(50-29-27-45(51)59(49)60(46)50)64(42-26-24-38(6)40(8)32-42)54-20-14-18-48-44-16-10-12-22-58(44)66-62(48)54/h17-44H,1-16H3;9-36H,1-8H3. The van der Waals surface area contributed by atoms with Crippen LogP contribution >= 0.6 is 0 Å². The molecule has 0 fully saturated rings. The summed E-state index contributed by atoms with van der Waals surface area (Å²) in [4.78, 5) is 10.1. The van der Waals surface area contributed by atoms with Gasteiger partial charge in [-0.1, -0.05) is 349 Å². The average Bonchev–Trinajstić information content (AvgIpc) is 1.07. The average molecular weight is 1950 g/mol. The van der Waals surface area contributed by atoms with Crippen molar-refractivity contribution in [2.45, 2.75) is 185 Å². The summed E-state index contributed by atoms with van der Waals surface area (Å²) >= 11 is 0. The molecule has 0 aliphatic heterocycles. The summed E-state index contributed by atoms with van der Waals surface area (Å²) in [5, 5.41) is 30.1. The first kappa shape index (κ1) is 93.4. The van der Waals surface area contributed by atoms with Crippen molar-refractivity contribution < 1.29 is 17.7 Å². The number of fused-ring (bicyclic) bond motifs is 12. The lowest BCUT2D eigenvalue weighted by Crippen LogP contribution is -2.45. The Balaban J connectivity index is 0.000000162. The lowest BCUT2D eigenvalue weighted by Gasteiger charge is -2.33. The Hall–Kier alpha value is -14.3. The van der Waals surface area contributed by atoms with E-state index in [1.807, 2.05) is 0 Å². The van der Waals surface area contributed by atoms with Gasteiger partial charge in [0.2, 0.25) is 0 Å². The minimum atomic E-state index is -1.82. The van der Waals surface area contributed by atoms with E-state index in [0.29, 0.717) is 0 Å². The smallest absolute Gasteiger partial charge is 0.159 e. The third-order valence-electron chi connectivity index (χ3n) is 31.1. The second-order valence-corrected chi connectivity index (χ2v) is 66.4. The first-order valence-electron chi connectivity index (χ1n) is 51.8. The number of aryl methyl sites for hydroxylation is 4. The third-order valence-corrected chi connectivity index (χ3v) is 39.2. The number of para-hydroxylation sites is 8. The first-order chi connectivity index (χ1) is 68.9. The second-order valence-electron chi connectivity index (χ2n) is 46.1. The third kappa shape index (κ3) is 15.5. The maximum absolute atomic E-state index is 7.05. The van der Waals surface area contributed by atoms with Crippen LogP contribution in [0.25, 0.3) is 152 Å².